The Morgan fingerprint density at radius 2 is 1.95 bits per heavy atom. The summed E-state index contributed by atoms with van der Waals surface area (Å²) in [6.45, 7) is 6.08. The lowest BCUT2D eigenvalue weighted by Crippen LogP contribution is -2.32. The molecule has 0 unspecified atom stereocenters. The van der Waals surface area contributed by atoms with Crippen molar-refractivity contribution in [2.45, 2.75) is 13.0 Å². The molecule has 0 atom stereocenters. The number of benzene rings is 1. The van der Waals surface area contributed by atoms with Crippen molar-refractivity contribution in [3.05, 3.63) is 23.8 Å². The Bertz CT molecular complexity index is 426. The zero-order chi connectivity index (χ0) is 14.4. The Labute approximate surface area is 120 Å². The predicted octanol–water partition coefficient (Wildman–Crippen LogP) is 0.777. The van der Waals surface area contributed by atoms with Gasteiger partial charge in [0.2, 0.25) is 0 Å². The van der Waals surface area contributed by atoms with Crippen LogP contribution in [-0.4, -0.2) is 61.3 Å². The second kappa shape index (κ2) is 7.47. The Morgan fingerprint density at radius 3 is 2.70 bits per heavy atom. The number of nitrogens with zero attached hydrogens (tertiary/aromatic N) is 2. The summed E-state index contributed by atoms with van der Waals surface area (Å²) in [5.41, 5.74) is 7.70. The number of aliphatic hydroxyl groups is 1. The summed E-state index contributed by atoms with van der Waals surface area (Å²) < 4.78 is 5.41. The van der Waals surface area contributed by atoms with E-state index < -0.39 is 0 Å². The van der Waals surface area contributed by atoms with Crippen molar-refractivity contribution in [2.24, 2.45) is 0 Å². The largest absolute Gasteiger partial charge is 0.496 e. The fraction of sp³-hybridized carbons (Fsp3) is 0.600. The summed E-state index contributed by atoms with van der Waals surface area (Å²) in [5.74, 6) is 0.862. The van der Waals surface area contributed by atoms with Crippen molar-refractivity contribution in [3.63, 3.8) is 0 Å². The van der Waals surface area contributed by atoms with Crippen LogP contribution >= 0.6 is 0 Å². The van der Waals surface area contributed by atoms with Crippen molar-refractivity contribution in [1.82, 2.24) is 9.80 Å². The zero-order valence-corrected chi connectivity index (χ0v) is 12.2. The second-order valence-corrected chi connectivity index (χ2v) is 5.27. The fourth-order valence-corrected chi connectivity index (χ4v) is 2.68. The molecule has 0 bridgehead atoms. The molecule has 1 aliphatic heterocycles. The van der Waals surface area contributed by atoms with Gasteiger partial charge < -0.3 is 15.6 Å². The van der Waals surface area contributed by atoms with Crippen LogP contribution in [0.2, 0.25) is 0 Å². The lowest BCUT2D eigenvalue weighted by molar-refractivity contribution is 0.195. The first-order valence-corrected chi connectivity index (χ1v) is 7.21. The van der Waals surface area contributed by atoms with E-state index in [0.29, 0.717) is 0 Å². The summed E-state index contributed by atoms with van der Waals surface area (Å²) >= 11 is 0. The normalized spacial score (nSPS) is 17.9. The number of aliphatic hydroxyl groups excluding tert-OH is 1. The highest BCUT2D eigenvalue weighted by atomic mass is 16.5. The van der Waals surface area contributed by atoms with E-state index in [0.717, 1.165) is 57.1 Å². The van der Waals surface area contributed by atoms with E-state index in [1.807, 2.05) is 18.2 Å². The van der Waals surface area contributed by atoms with Crippen molar-refractivity contribution in [3.8, 4) is 5.75 Å². The Hall–Kier alpha value is -1.30. The van der Waals surface area contributed by atoms with Crippen LogP contribution in [0, 0.1) is 0 Å². The number of rotatable bonds is 5. The average Bonchev–Trinajstić information content (AvgIpc) is 2.67. The molecular weight excluding hydrogens is 254 g/mol. The summed E-state index contributed by atoms with van der Waals surface area (Å²) in [7, 11) is 1.68. The van der Waals surface area contributed by atoms with Crippen molar-refractivity contribution in [2.75, 3.05) is 52.2 Å². The third kappa shape index (κ3) is 4.10. The number of methoxy groups -OCH3 is 1. The molecule has 0 spiro atoms. The third-order valence-electron chi connectivity index (χ3n) is 3.80. The third-order valence-corrected chi connectivity index (χ3v) is 3.80. The van der Waals surface area contributed by atoms with Gasteiger partial charge in [0.1, 0.15) is 5.75 Å². The van der Waals surface area contributed by atoms with Crippen molar-refractivity contribution in [1.29, 1.82) is 0 Å². The minimum Gasteiger partial charge on any atom is -0.496 e. The summed E-state index contributed by atoms with van der Waals surface area (Å²) in [5, 5.41) is 9.02. The van der Waals surface area contributed by atoms with Gasteiger partial charge in [-0.15, -0.1) is 0 Å². The maximum Gasteiger partial charge on any atom is 0.125 e. The molecule has 112 valence electrons. The highest BCUT2D eigenvalue weighted by Gasteiger charge is 2.16. The fourth-order valence-electron chi connectivity index (χ4n) is 2.68. The topological polar surface area (TPSA) is 62.0 Å². The molecule has 5 nitrogen and oxygen atoms in total. The zero-order valence-electron chi connectivity index (χ0n) is 12.2. The van der Waals surface area contributed by atoms with Crippen LogP contribution in [0.25, 0.3) is 0 Å². The lowest BCUT2D eigenvalue weighted by Gasteiger charge is -2.22. The molecule has 0 saturated carbocycles. The monoisotopic (exact) mass is 279 g/mol. The van der Waals surface area contributed by atoms with Crippen LogP contribution in [-0.2, 0) is 6.54 Å². The molecule has 5 heteroatoms. The van der Waals surface area contributed by atoms with Crippen LogP contribution in [0.5, 0.6) is 5.75 Å². The molecule has 1 aliphatic rings. The van der Waals surface area contributed by atoms with Crippen molar-refractivity contribution >= 4 is 5.69 Å². The van der Waals surface area contributed by atoms with E-state index in [1.165, 1.54) is 5.56 Å². The van der Waals surface area contributed by atoms with E-state index in [-0.39, 0.29) is 6.61 Å². The maximum absolute atomic E-state index is 9.02. The van der Waals surface area contributed by atoms with Crippen LogP contribution in [0.4, 0.5) is 5.69 Å². The first-order valence-electron chi connectivity index (χ1n) is 7.21. The highest BCUT2D eigenvalue weighted by molar-refractivity contribution is 5.48. The number of nitrogen functional groups attached to an aromatic ring is 1. The van der Waals surface area contributed by atoms with E-state index in [2.05, 4.69) is 9.80 Å². The van der Waals surface area contributed by atoms with Gasteiger partial charge in [-0.05, 0) is 25.6 Å². The quantitative estimate of drug-likeness (QED) is 0.780. The van der Waals surface area contributed by atoms with Gasteiger partial charge in [-0.1, -0.05) is 6.07 Å². The molecule has 0 amide bonds. The van der Waals surface area contributed by atoms with E-state index in [9.17, 15) is 0 Å². The molecule has 1 aromatic rings. The summed E-state index contributed by atoms with van der Waals surface area (Å²) in [6.07, 6.45) is 1.14. The molecule has 1 aromatic carbocycles. The van der Waals surface area contributed by atoms with Gasteiger partial charge in [0.25, 0.3) is 0 Å². The minimum absolute atomic E-state index is 0.242. The number of β-amino-alcohol motifs (C(OH)–C–C–N with tert-alkyl or cyclic N) is 1. The van der Waals surface area contributed by atoms with E-state index >= 15 is 0 Å². The average molecular weight is 279 g/mol. The Balaban J connectivity index is 1.96. The number of nitrogens with two attached hydrogens (primary N) is 1. The number of hydrogen-bond donors (Lipinski definition) is 2. The van der Waals surface area contributed by atoms with Gasteiger partial charge in [-0.3, -0.25) is 9.80 Å². The maximum atomic E-state index is 9.02. The van der Waals surface area contributed by atoms with E-state index in [1.54, 1.807) is 7.11 Å². The molecule has 0 aliphatic carbocycles. The highest BCUT2D eigenvalue weighted by Crippen LogP contribution is 2.23. The van der Waals surface area contributed by atoms with Crippen LogP contribution < -0.4 is 10.5 Å². The molecule has 3 N–H and O–H groups in total. The van der Waals surface area contributed by atoms with Gasteiger partial charge in [-0.2, -0.15) is 0 Å². The summed E-state index contributed by atoms with van der Waals surface area (Å²) in [4.78, 5) is 4.76. The van der Waals surface area contributed by atoms with Gasteiger partial charge in [0.15, 0.2) is 0 Å². The van der Waals surface area contributed by atoms with Gasteiger partial charge in [0.05, 0.1) is 13.7 Å². The Morgan fingerprint density at radius 1 is 1.20 bits per heavy atom. The van der Waals surface area contributed by atoms with Gasteiger partial charge in [0, 0.05) is 43.5 Å². The SMILES string of the molecule is COc1cc(N)ccc1CN1CCCN(CCO)CC1. The molecule has 1 heterocycles. The number of ether oxygens (including phenoxy) is 1. The first-order chi connectivity index (χ1) is 9.72. The number of anilines is 1. The van der Waals surface area contributed by atoms with Gasteiger partial charge in [-0.25, -0.2) is 0 Å². The molecule has 0 aromatic heterocycles. The molecule has 1 fully saturated rings. The molecule has 20 heavy (non-hydrogen) atoms. The van der Waals surface area contributed by atoms with E-state index in [4.69, 9.17) is 15.6 Å². The van der Waals surface area contributed by atoms with Crippen LogP contribution in [0.15, 0.2) is 18.2 Å². The molecule has 0 radical (unpaired) electrons. The molecule has 1 saturated heterocycles. The second-order valence-electron chi connectivity index (χ2n) is 5.27. The predicted molar refractivity (Wildman–Crippen MR) is 80.8 cm³/mol. The molecule has 2 rings (SSSR count). The molecular formula is C15H25N3O2. The van der Waals surface area contributed by atoms with Crippen LogP contribution in [0.1, 0.15) is 12.0 Å². The first kappa shape index (κ1) is 15.1. The van der Waals surface area contributed by atoms with Crippen molar-refractivity contribution < 1.29 is 9.84 Å². The standard InChI is InChI=1S/C15H25N3O2/c1-20-15-11-14(16)4-3-13(15)12-18-6-2-5-17(7-8-18)9-10-19/h3-4,11,19H,2,5-10,12,16H2,1H3. The summed E-state index contributed by atoms with van der Waals surface area (Å²) in [6, 6.07) is 5.85. The minimum atomic E-state index is 0.242. The lowest BCUT2D eigenvalue weighted by atomic mass is 10.1. The Kier molecular flexibility index (Phi) is 5.64. The van der Waals surface area contributed by atoms with Gasteiger partial charge >= 0.3 is 0 Å². The van der Waals surface area contributed by atoms with Crippen LogP contribution in [0.3, 0.4) is 0 Å². The smallest absolute Gasteiger partial charge is 0.125 e. The number of hydrogen-bond acceptors (Lipinski definition) is 5.